The number of ether oxygens (including phenoxy) is 1. The van der Waals surface area contributed by atoms with E-state index in [2.05, 4.69) is 27.2 Å². The third-order valence-corrected chi connectivity index (χ3v) is 5.46. The fourth-order valence-corrected chi connectivity index (χ4v) is 4.35. The molecule has 24 heavy (non-hydrogen) atoms. The molecule has 3 heterocycles. The van der Waals surface area contributed by atoms with Crippen LogP contribution in [-0.4, -0.2) is 38.9 Å². The third kappa shape index (κ3) is 3.52. The molecule has 4 rings (SSSR count). The van der Waals surface area contributed by atoms with Crippen molar-refractivity contribution in [1.82, 2.24) is 19.7 Å². The highest BCUT2D eigenvalue weighted by atomic mass is 16.5. The molecule has 0 N–H and O–H groups in total. The van der Waals surface area contributed by atoms with Crippen LogP contribution in [0.1, 0.15) is 30.4 Å². The lowest BCUT2D eigenvalue weighted by Gasteiger charge is -2.33. The van der Waals surface area contributed by atoms with E-state index in [4.69, 9.17) is 4.74 Å². The van der Waals surface area contributed by atoms with E-state index in [1.807, 2.05) is 36.4 Å². The number of hydrogen-bond acceptors (Lipinski definition) is 4. The molecule has 2 fully saturated rings. The monoisotopic (exact) mass is 326 g/mol. The van der Waals surface area contributed by atoms with Crippen LogP contribution in [-0.2, 0) is 24.9 Å². The van der Waals surface area contributed by atoms with E-state index >= 15 is 0 Å². The van der Waals surface area contributed by atoms with Gasteiger partial charge in [0.2, 0.25) is 0 Å². The molecule has 5 heteroatoms. The second-order valence-electron chi connectivity index (χ2n) is 7.28. The largest absolute Gasteiger partial charge is 0.373 e. The maximum absolute atomic E-state index is 6.30. The van der Waals surface area contributed by atoms with Gasteiger partial charge in [-0.15, -0.1) is 0 Å². The summed E-state index contributed by atoms with van der Waals surface area (Å²) in [6.07, 6.45) is 12.1. The molecular formula is C19H26N4O. The van der Waals surface area contributed by atoms with Crippen LogP contribution in [0.25, 0.3) is 0 Å². The zero-order valence-electron chi connectivity index (χ0n) is 14.3. The van der Waals surface area contributed by atoms with E-state index in [0.717, 1.165) is 19.0 Å². The first-order chi connectivity index (χ1) is 11.8. The van der Waals surface area contributed by atoms with Gasteiger partial charge in [0.1, 0.15) is 0 Å². The van der Waals surface area contributed by atoms with Crippen molar-refractivity contribution in [3.63, 3.8) is 0 Å². The summed E-state index contributed by atoms with van der Waals surface area (Å²) in [6.45, 7) is 4.05. The highest BCUT2D eigenvalue weighted by Crippen LogP contribution is 2.38. The summed E-state index contributed by atoms with van der Waals surface area (Å²) in [5, 5.41) is 4.29. The first-order valence-corrected chi connectivity index (χ1v) is 8.98. The van der Waals surface area contributed by atoms with Crippen LogP contribution < -0.4 is 0 Å². The van der Waals surface area contributed by atoms with Crippen molar-refractivity contribution in [2.24, 2.45) is 18.9 Å². The zero-order chi connectivity index (χ0) is 16.4. The topological polar surface area (TPSA) is 43.2 Å². The highest BCUT2D eigenvalue weighted by molar-refractivity contribution is 5.07. The highest BCUT2D eigenvalue weighted by Gasteiger charge is 2.40. The second-order valence-corrected chi connectivity index (χ2v) is 7.28. The smallest absolute Gasteiger partial charge is 0.0735 e. The quantitative estimate of drug-likeness (QED) is 0.847. The molecule has 1 saturated heterocycles. The van der Waals surface area contributed by atoms with E-state index < -0.39 is 0 Å². The lowest BCUT2D eigenvalue weighted by atomic mass is 9.79. The molecule has 5 nitrogen and oxygen atoms in total. The minimum atomic E-state index is 0.392. The van der Waals surface area contributed by atoms with Crippen LogP contribution in [0.5, 0.6) is 0 Å². The predicted octanol–water partition coefficient (Wildman–Crippen LogP) is 2.63. The lowest BCUT2D eigenvalue weighted by molar-refractivity contribution is -0.0296. The Balaban J connectivity index is 1.35. The van der Waals surface area contributed by atoms with Crippen molar-refractivity contribution in [3.05, 3.63) is 48.0 Å². The molecule has 2 aliphatic rings. The predicted molar refractivity (Wildman–Crippen MR) is 92.1 cm³/mol. The summed E-state index contributed by atoms with van der Waals surface area (Å²) in [5.74, 6) is 1.46. The summed E-state index contributed by atoms with van der Waals surface area (Å²) >= 11 is 0. The van der Waals surface area contributed by atoms with Gasteiger partial charge in [0.15, 0.2) is 0 Å². The number of rotatable bonds is 5. The van der Waals surface area contributed by atoms with Crippen LogP contribution in [0.15, 0.2) is 36.9 Å². The second kappa shape index (κ2) is 7.03. The van der Waals surface area contributed by atoms with E-state index in [0.29, 0.717) is 18.6 Å². The van der Waals surface area contributed by atoms with Gasteiger partial charge in [0, 0.05) is 56.8 Å². The third-order valence-electron chi connectivity index (χ3n) is 5.46. The number of fused-ring (bicyclic) bond motifs is 1. The summed E-state index contributed by atoms with van der Waals surface area (Å²) in [5.41, 5.74) is 2.48. The van der Waals surface area contributed by atoms with Gasteiger partial charge in [-0.2, -0.15) is 5.10 Å². The van der Waals surface area contributed by atoms with Gasteiger partial charge in [0.25, 0.3) is 0 Å². The molecule has 0 amide bonds. The molecule has 1 saturated carbocycles. The molecule has 0 spiro atoms. The van der Waals surface area contributed by atoms with E-state index in [-0.39, 0.29) is 0 Å². The van der Waals surface area contributed by atoms with Crippen LogP contribution in [0.4, 0.5) is 0 Å². The molecule has 1 aliphatic heterocycles. The van der Waals surface area contributed by atoms with Gasteiger partial charge in [-0.05, 0) is 30.4 Å². The minimum absolute atomic E-state index is 0.392. The normalized spacial score (nSPS) is 27.3. The fourth-order valence-electron chi connectivity index (χ4n) is 4.35. The van der Waals surface area contributed by atoms with Crippen molar-refractivity contribution in [3.8, 4) is 0 Å². The van der Waals surface area contributed by atoms with Gasteiger partial charge in [-0.1, -0.05) is 12.5 Å². The number of aromatic nitrogens is 3. The van der Waals surface area contributed by atoms with Crippen molar-refractivity contribution < 1.29 is 4.74 Å². The molecule has 0 aromatic carbocycles. The van der Waals surface area contributed by atoms with Crippen LogP contribution in [0.2, 0.25) is 0 Å². The number of pyridine rings is 1. The summed E-state index contributed by atoms with van der Waals surface area (Å²) in [4.78, 5) is 6.76. The Labute approximate surface area is 143 Å². The molecular weight excluding hydrogens is 300 g/mol. The van der Waals surface area contributed by atoms with Crippen LogP contribution >= 0.6 is 0 Å². The number of aryl methyl sites for hydroxylation is 1. The fraction of sp³-hybridized carbons (Fsp3) is 0.579. The van der Waals surface area contributed by atoms with Crippen LogP contribution in [0, 0.1) is 11.8 Å². The SMILES string of the molecule is Cn1cc(CN2C[C@H]3CCC[C@H](OCc4cccnc4)[C@H]3C2)cn1. The van der Waals surface area contributed by atoms with Crippen molar-refractivity contribution in [2.75, 3.05) is 13.1 Å². The molecule has 0 radical (unpaired) electrons. The molecule has 2 aromatic heterocycles. The van der Waals surface area contributed by atoms with E-state index in [1.54, 1.807) is 0 Å². The van der Waals surface area contributed by atoms with Crippen molar-refractivity contribution in [1.29, 1.82) is 0 Å². The molecule has 0 unspecified atom stereocenters. The Bertz CT molecular complexity index is 656. The Kier molecular flexibility index (Phi) is 4.63. The molecule has 0 bridgehead atoms. The Morgan fingerprint density at radius 3 is 2.96 bits per heavy atom. The zero-order valence-corrected chi connectivity index (χ0v) is 14.3. The Morgan fingerprint density at radius 2 is 2.17 bits per heavy atom. The Morgan fingerprint density at radius 1 is 1.21 bits per heavy atom. The number of likely N-dealkylation sites (tertiary alicyclic amines) is 1. The van der Waals surface area contributed by atoms with Crippen LogP contribution in [0.3, 0.4) is 0 Å². The van der Waals surface area contributed by atoms with E-state index in [9.17, 15) is 0 Å². The molecule has 128 valence electrons. The Hall–Kier alpha value is -1.72. The summed E-state index contributed by atoms with van der Waals surface area (Å²) in [6, 6.07) is 4.07. The number of nitrogens with zero attached hydrogens (tertiary/aromatic N) is 4. The van der Waals surface area contributed by atoms with Gasteiger partial charge >= 0.3 is 0 Å². The van der Waals surface area contributed by atoms with Gasteiger partial charge in [-0.3, -0.25) is 14.6 Å². The van der Waals surface area contributed by atoms with Gasteiger partial charge in [0.05, 0.1) is 18.9 Å². The van der Waals surface area contributed by atoms with Gasteiger partial charge in [-0.25, -0.2) is 0 Å². The maximum atomic E-state index is 6.30. The average molecular weight is 326 g/mol. The first kappa shape index (κ1) is 15.8. The summed E-state index contributed by atoms with van der Waals surface area (Å²) < 4.78 is 8.19. The maximum Gasteiger partial charge on any atom is 0.0735 e. The standard InChI is InChI=1S/C19H26N4O/c1-22-10-16(9-21-22)11-23-12-17-5-2-6-19(18(17)13-23)24-14-15-4-3-7-20-8-15/h3-4,7-10,17-19H,2,5-6,11-14H2,1H3/t17-,18+,19+/m1/s1. The minimum Gasteiger partial charge on any atom is -0.373 e. The molecule has 1 aliphatic carbocycles. The van der Waals surface area contributed by atoms with Crippen molar-refractivity contribution >= 4 is 0 Å². The summed E-state index contributed by atoms with van der Waals surface area (Å²) in [7, 11) is 1.98. The number of hydrogen-bond donors (Lipinski definition) is 0. The van der Waals surface area contributed by atoms with E-state index in [1.165, 1.54) is 36.9 Å². The molecule has 2 aromatic rings. The first-order valence-electron chi connectivity index (χ1n) is 8.98. The average Bonchev–Trinajstić information content (AvgIpc) is 3.20. The lowest BCUT2D eigenvalue weighted by Crippen LogP contribution is -2.33. The van der Waals surface area contributed by atoms with Gasteiger partial charge < -0.3 is 4.74 Å². The molecule has 3 atom stereocenters. The van der Waals surface area contributed by atoms with Crippen molar-refractivity contribution in [2.45, 2.75) is 38.5 Å².